The maximum absolute atomic E-state index is 13.9. The highest BCUT2D eigenvalue weighted by molar-refractivity contribution is 7.80. The van der Waals surface area contributed by atoms with Gasteiger partial charge in [0.15, 0.2) is 5.78 Å². The van der Waals surface area contributed by atoms with E-state index in [1.165, 1.54) is 14.2 Å². The number of carbonyl (C=O) groups excluding carboxylic acids is 4. The zero-order chi connectivity index (χ0) is 36.4. The molecule has 3 aromatic heterocycles. The van der Waals surface area contributed by atoms with Gasteiger partial charge in [0, 0.05) is 81.6 Å². The van der Waals surface area contributed by atoms with Crippen LogP contribution in [0.5, 0.6) is 0 Å². The first-order chi connectivity index (χ1) is 23.8. The molecule has 0 radical (unpaired) electrons. The van der Waals surface area contributed by atoms with E-state index in [1.54, 1.807) is 6.92 Å². The van der Waals surface area contributed by atoms with Gasteiger partial charge in [-0.3, -0.25) is 29.1 Å². The Morgan fingerprint density at radius 1 is 0.840 bits per heavy atom. The summed E-state index contributed by atoms with van der Waals surface area (Å²) in [6.45, 7) is 12.0. The Labute approximate surface area is 297 Å². The molecule has 1 amide bonds. The number of hydrogen-bond acceptors (Lipinski definition) is 9. The summed E-state index contributed by atoms with van der Waals surface area (Å²) in [6.07, 6.45) is 1.18. The van der Waals surface area contributed by atoms with Crippen LogP contribution < -0.4 is 5.32 Å². The van der Waals surface area contributed by atoms with Gasteiger partial charge in [-0.1, -0.05) is 20.8 Å². The van der Waals surface area contributed by atoms with Crippen molar-refractivity contribution in [1.82, 2.24) is 25.3 Å². The number of aryl methyl sites for hydroxylation is 2. The largest absolute Gasteiger partial charge is 0.469 e. The number of amides is 1. The summed E-state index contributed by atoms with van der Waals surface area (Å²) >= 11 is 4.29. The monoisotopic (exact) mass is 701 g/mol. The van der Waals surface area contributed by atoms with Crippen LogP contribution in [0, 0.1) is 13.8 Å². The maximum Gasteiger partial charge on any atom is 0.310 e. The number of carbonyl (C=O) groups is 4. The zero-order valence-corrected chi connectivity index (χ0v) is 31.0. The molecule has 50 heavy (non-hydrogen) atoms. The number of nitrogens with one attached hydrogen (secondary N) is 3. The number of nitrogens with zero attached hydrogens (tertiary/aromatic N) is 2. The third kappa shape index (κ3) is 6.95. The molecule has 0 saturated heterocycles. The standard InChI is InChI=1S/C38H47N5O6S/c1-9-23-18(2)26-17-31-34(22(6)44)20(4)28(41-31)15-27-19(3)24(10-11-32(45)48-7)36(42-27)25(14-33(46)49-8)37-35(38(47)39-12-13-50)21(5)29(43-37)16-30(23)40-26/h15-19,23-24,41,43,50H,9-14H2,1-8H3,(H,39,47). The molecular formula is C38H47N5O6S. The lowest BCUT2D eigenvalue weighted by Gasteiger charge is -2.18. The number of aromatic amines is 2. The van der Waals surface area contributed by atoms with Crippen molar-refractivity contribution >= 4 is 58.3 Å². The quantitative estimate of drug-likeness (QED) is 0.104. The number of hydrogen-bond donors (Lipinski definition) is 4. The van der Waals surface area contributed by atoms with E-state index < -0.39 is 5.97 Å². The molecule has 0 saturated carbocycles. The van der Waals surface area contributed by atoms with E-state index in [4.69, 9.17) is 19.4 Å². The van der Waals surface area contributed by atoms with E-state index in [2.05, 4.69) is 41.8 Å². The molecule has 11 nitrogen and oxygen atoms in total. The van der Waals surface area contributed by atoms with Crippen LogP contribution in [0.15, 0.2) is 18.2 Å². The van der Waals surface area contributed by atoms with Gasteiger partial charge in [0.05, 0.1) is 42.9 Å². The number of ketones is 1. The van der Waals surface area contributed by atoms with Crippen molar-refractivity contribution in [1.29, 1.82) is 0 Å². The number of thiol groups is 1. The van der Waals surface area contributed by atoms with Gasteiger partial charge < -0.3 is 24.8 Å². The third-order valence-electron chi connectivity index (χ3n) is 10.3. The maximum atomic E-state index is 13.9. The Morgan fingerprint density at radius 2 is 1.44 bits per heavy atom. The topological polar surface area (TPSA) is 156 Å². The van der Waals surface area contributed by atoms with Crippen LogP contribution in [0.4, 0.5) is 0 Å². The average Bonchev–Trinajstić information content (AvgIpc) is 3.77. The van der Waals surface area contributed by atoms with E-state index in [-0.39, 0.29) is 54.2 Å². The van der Waals surface area contributed by atoms with Crippen LogP contribution in [0.2, 0.25) is 0 Å². The van der Waals surface area contributed by atoms with Gasteiger partial charge in [0.25, 0.3) is 5.91 Å². The van der Waals surface area contributed by atoms with Gasteiger partial charge >= 0.3 is 11.9 Å². The summed E-state index contributed by atoms with van der Waals surface area (Å²) in [6, 6.07) is 5.90. The number of aromatic nitrogens is 4. The molecule has 2 aliphatic rings. The predicted molar refractivity (Wildman–Crippen MR) is 196 cm³/mol. The molecular weight excluding hydrogens is 655 g/mol. The minimum Gasteiger partial charge on any atom is -0.469 e. The number of fused-ring (bicyclic) bond motifs is 8. The van der Waals surface area contributed by atoms with Crippen LogP contribution in [0.25, 0.3) is 22.1 Å². The fraction of sp³-hybridized carbons (Fsp3) is 0.474. The molecule has 5 rings (SSSR count). The summed E-state index contributed by atoms with van der Waals surface area (Å²) in [5, 5.41) is 2.96. The normalized spacial score (nSPS) is 18.5. The fourth-order valence-electron chi connectivity index (χ4n) is 7.48. The zero-order valence-electron chi connectivity index (χ0n) is 30.1. The van der Waals surface area contributed by atoms with Gasteiger partial charge in [-0.15, -0.1) is 0 Å². The first kappa shape index (κ1) is 36.8. The molecule has 0 aliphatic carbocycles. The summed E-state index contributed by atoms with van der Waals surface area (Å²) in [5.74, 6) is -1.13. The van der Waals surface area contributed by atoms with Crippen molar-refractivity contribution in [3.05, 3.63) is 68.8 Å². The summed E-state index contributed by atoms with van der Waals surface area (Å²) < 4.78 is 10.2. The highest BCUT2D eigenvalue weighted by Crippen LogP contribution is 2.43. The molecule has 5 heterocycles. The summed E-state index contributed by atoms with van der Waals surface area (Å²) in [4.78, 5) is 69.8. The molecule has 0 fully saturated rings. The second-order valence-electron chi connectivity index (χ2n) is 13.3. The van der Waals surface area contributed by atoms with Gasteiger partial charge in [0.2, 0.25) is 0 Å². The van der Waals surface area contributed by atoms with Crippen molar-refractivity contribution in [3.63, 3.8) is 0 Å². The number of esters is 2. The molecule has 4 atom stereocenters. The minimum absolute atomic E-state index is 0.0621. The third-order valence-corrected chi connectivity index (χ3v) is 10.5. The van der Waals surface area contributed by atoms with Crippen molar-refractivity contribution in [2.24, 2.45) is 0 Å². The van der Waals surface area contributed by atoms with Gasteiger partial charge in [-0.05, 0) is 62.9 Å². The average molecular weight is 702 g/mol. The molecule has 0 spiro atoms. The number of H-pyrrole nitrogens is 2. The van der Waals surface area contributed by atoms with Crippen LogP contribution >= 0.6 is 12.6 Å². The smallest absolute Gasteiger partial charge is 0.310 e. The Morgan fingerprint density at radius 3 is 2.08 bits per heavy atom. The Bertz CT molecular complexity index is 2010. The lowest BCUT2D eigenvalue weighted by Crippen LogP contribution is -2.26. The highest BCUT2D eigenvalue weighted by atomic mass is 32.1. The Balaban J connectivity index is 2.01. The van der Waals surface area contributed by atoms with Gasteiger partial charge in [-0.2, -0.15) is 12.6 Å². The first-order valence-electron chi connectivity index (χ1n) is 17.1. The summed E-state index contributed by atoms with van der Waals surface area (Å²) in [7, 11) is 2.68. The highest BCUT2D eigenvalue weighted by Gasteiger charge is 2.34. The van der Waals surface area contributed by atoms with Gasteiger partial charge in [0.1, 0.15) is 0 Å². The number of ether oxygens (including phenoxy) is 2. The predicted octanol–water partition coefficient (Wildman–Crippen LogP) is 6.65. The van der Waals surface area contributed by atoms with E-state index >= 15 is 0 Å². The minimum atomic E-state index is -0.501. The summed E-state index contributed by atoms with van der Waals surface area (Å²) in [5.41, 5.74) is 8.56. The van der Waals surface area contributed by atoms with Crippen LogP contribution in [0.3, 0.4) is 0 Å². The lowest BCUT2D eigenvalue weighted by atomic mass is 9.85. The SMILES string of the molecule is CCC1c2cc3[nH]c(c(CC(=O)OC)c4nc(cc5[nH]c(cc(n2)C1C)c(C(C)=O)c5C)C(C)C4CCC(=O)OC)c(C(=O)NCCS)c3C. The molecule has 2 aliphatic heterocycles. The second kappa shape index (κ2) is 15.2. The number of methoxy groups -OCH3 is 2. The fourth-order valence-corrected chi connectivity index (χ4v) is 7.59. The molecule has 8 bridgehead atoms. The lowest BCUT2D eigenvalue weighted by molar-refractivity contribution is -0.141. The molecule has 12 heteroatoms. The number of Topliss-reactive ketones (excluding diaryl/α,β-unsaturated/α-hetero) is 1. The first-order valence-corrected chi connectivity index (χ1v) is 17.8. The Kier molecular flexibility index (Phi) is 11.2. The van der Waals surface area contributed by atoms with Crippen molar-refractivity contribution in [2.75, 3.05) is 26.5 Å². The van der Waals surface area contributed by atoms with E-state index in [0.717, 1.165) is 28.9 Å². The second-order valence-corrected chi connectivity index (χ2v) is 13.7. The van der Waals surface area contributed by atoms with Crippen molar-refractivity contribution < 1.29 is 28.7 Å². The number of rotatable bonds is 10. The van der Waals surface area contributed by atoms with Crippen LogP contribution in [-0.4, -0.2) is 70.1 Å². The van der Waals surface area contributed by atoms with E-state index in [9.17, 15) is 19.2 Å². The van der Waals surface area contributed by atoms with Crippen LogP contribution in [0.1, 0.15) is 131 Å². The van der Waals surface area contributed by atoms with Crippen molar-refractivity contribution in [2.45, 2.75) is 90.9 Å². The molecule has 4 unspecified atom stereocenters. The Hall–Kier alpha value is -4.45. The molecule has 3 aromatic rings. The molecule has 0 aromatic carbocycles. The molecule has 3 N–H and O–H groups in total. The molecule has 266 valence electrons. The van der Waals surface area contributed by atoms with E-state index in [0.29, 0.717) is 68.9 Å². The van der Waals surface area contributed by atoms with Crippen LogP contribution in [-0.2, 0) is 25.5 Å². The van der Waals surface area contributed by atoms with Gasteiger partial charge in [-0.25, -0.2) is 0 Å². The van der Waals surface area contributed by atoms with E-state index in [1.807, 2.05) is 39.0 Å². The van der Waals surface area contributed by atoms with Crippen molar-refractivity contribution in [3.8, 4) is 0 Å².